The first-order chi connectivity index (χ1) is 18.8. The molecular weight excluding hydrogens is 522 g/mol. The summed E-state index contributed by atoms with van der Waals surface area (Å²) >= 11 is 0. The molecule has 1 heterocycles. The average molecular weight is 552 g/mol. The summed E-state index contributed by atoms with van der Waals surface area (Å²) in [6, 6.07) is 17.9. The number of para-hydroxylation sites is 2. The zero-order valence-corrected chi connectivity index (χ0v) is 22.5. The molecule has 0 aliphatic heterocycles. The SMILES string of the molecule is COCCCNC(=O)c1ccc(S(=O)(=O)Nc2nc3ccccc3nc2Nc2cc(OC)cc(OC)c2)cc1. The van der Waals surface area contributed by atoms with Crippen LogP contribution in [0.5, 0.6) is 11.5 Å². The Morgan fingerprint density at radius 3 is 2.05 bits per heavy atom. The van der Waals surface area contributed by atoms with Crippen LogP contribution in [0.4, 0.5) is 17.3 Å². The van der Waals surface area contributed by atoms with Crippen molar-refractivity contribution in [3.05, 3.63) is 72.3 Å². The minimum absolute atomic E-state index is 0.00421. The first-order valence-corrected chi connectivity index (χ1v) is 13.5. The smallest absolute Gasteiger partial charge is 0.263 e. The van der Waals surface area contributed by atoms with Crippen molar-refractivity contribution in [3.63, 3.8) is 0 Å². The fraction of sp³-hybridized carbons (Fsp3) is 0.222. The van der Waals surface area contributed by atoms with Gasteiger partial charge in [0.2, 0.25) is 0 Å². The molecule has 0 aliphatic carbocycles. The summed E-state index contributed by atoms with van der Waals surface area (Å²) in [6.07, 6.45) is 0.671. The number of fused-ring (bicyclic) bond motifs is 1. The van der Waals surface area contributed by atoms with Crippen molar-refractivity contribution in [2.75, 3.05) is 44.5 Å². The maximum absolute atomic E-state index is 13.3. The highest BCUT2D eigenvalue weighted by Gasteiger charge is 2.20. The topological polar surface area (TPSA) is 141 Å². The Hall–Kier alpha value is -4.42. The lowest BCUT2D eigenvalue weighted by Crippen LogP contribution is -2.25. The van der Waals surface area contributed by atoms with Crippen LogP contribution in [0, 0.1) is 0 Å². The van der Waals surface area contributed by atoms with Gasteiger partial charge in [0.1, 0.15) is 11.5 Å². The molecule has 0 aliphatic rings. The predicted octanol–water partition coefficient (Wildman–Crippen LogP) is 3.96. The molecule has 0 radical (unpaired) electrons. The van der Waals surface area contributed by atoms with Gasteiger partial charge < -0.3 is 24.8 Å². The van der Waals surface area contributed by atoms with Gasteiger partial charge >= 0.3 is 0 Å². The normalized spacial score (nSPS) is 11.2. The summed E-state index contributed by atoms with van der Waals surface area (Å²) in [5, 5.41) is 5.89. The van der Waals surface area contributed by atoms with Crippen LogP contribution in [0.3, 0.4) is 0 Å². The third-order valence-electron chi connectivity index (χ3n) is 5.65. The number of methoxy groups -OCH3 is 3. The largest absolute Gasteiger partial charge is 0.497 e. The lowest BCUT2D eigenvalue weighted by atomic mass is 10.2. The van der Waals surface area contributed by atoms with Gasteiger partial charge in [0.15, 0.2) is 11.6 Å². The number of hydrogen-bond acceptors (Lipinski definition) is 9. The van der Waals surface area contributed by atoms with Crippen LogP contribution < -0.4 is 24.8 Å². The minimum Gasteiger partial charge on any atom is -0.497 e. The van der Waals surface area contributed by atoms with Crippen LogP contribution in [0.2, 0.25) is 0 Å². The van der Waals surface area contributed by atoms with Crippen LogP contribution in [-0.4, -0.2) is 58.8 Å². The Kier molecular flexibility index (Phi) is 8.79. The molecule has 0 saturated heterocycles. The number of rotatable bonds is 12. The number of amides is 1. The number of nitrogens with one attached hydrogen (secondary N) is 3. The first kappa shape index (κ1) is 27.6. The van der Waals surface area contributed by atoms with Crippen molar-refractivity contribution in [2.24, 2.45) is 0 Å². The van der Waals surface area contributed by atoms with Gasteiger partial charge in [0, 0.05) is 49.7 Å². The van der Waals surface area contributed by atoms with Crippen molar-refractivity contribution in [1.29, 1.82) is 0 Å². The lowest BCUT2D eigenvalue weighted by Gasteiger charge is -2.15. The molecule has 4 rings (SSSR count). The van der Waals surface area contributed by atoms with Crippen LogP contribution in [0.15, 0.2) is 71.6 Å². The monoisotopic (exact) mass is 551 g/mol. The van der Waals surface area contributed by atoms with Gasteiger partial charge in [-0.25, -0.2) is 18.4 Å². The minimum atomic E-state index is -4.08. The van der Waals surface area contributed by atoms with E-state index < -0.39 is 10.0 Å². The second-order valence-electron chi connectivity index (χ2n) is 8.37. The van der Waals surface area contributed by atoms with E-state index in [1.165, 1.54) is 38.5 Å². The van der Waals surface area contributed by atoms with E-state index >= 15 is 0 Å². The van der Waals surface area contributed by atoms with Gasteiger partial charge in [-0.15, -0.1) is 0 Å². The van der Waals surface area contributed by atoms with Gasteiger partial charge in [-0.1, -0.05) is 12.1 Å². The van der Waals surface area contributed by atoms with Crippen molar-refractivity contribution < 1.29 is 27.4 Å². The molecule has 39 heavy (non-hydrogen) atoms. The van der Waals surface area contributed by atoms with Crippen molar-refractivity contribution in [1.82, 2.24) is 15.3 Å². The molecular formula is C27H29N5O6S. The molecule has 1 aromatic heterocycles. The number of benzene rings is 3. The zero-order valence-electron chi connectivity index (χ0n) is 21.7. The van der Waals surface area contributed by atoms with E-state index in [2.05, 4.69) is 25.3 Å². The van der Waals surface area contributed by atoms with E-state index in [0.717, 1.165) is 0 Å². The maximum atomic E-state index is 13.3. The van der Waals surface area contributed by atoms with Crippen LogP contribution >= 0.6 is 0 Å². The van der Waals surface area contributed by atoms with Gasteiger partial charge in [-0.2, -0.15) is 0 Å². The predicted molar refractivity (Wildman–Crippen MR) is 148 cm³/mol. The molecule has 0 saturated carbocycles. The van der Waals surface area contributed by atoms with Crippen molar-refractivity contribution in [3.8, 4) is 11.5 Å². The molecule has 0 spiro atoms. The number of carbonyl (C=O) groups excluding carboxylic acids is 1. The van der Waals surface area contributed by atoms with E-state index in [4.69, 9.17) is 14.2 Å². The van der Waals surface area contributed by atoms with Gasteiger partial charge in [0.05, 0.1) is 30.1 Å². The quantitative estimate of drug-likeness (QED) is 0.223. The second kappa shape index (κ2) is 12.4. The molecule has 1 amide bonds. The number of carbonyl (C=O) groups is 1. The van der Waals surface area contributed by atoms with Crippen molar-refractivity contribution >= 4 is 44.3 Å². The second-order valence-corrected chi connectivity index (χ2v) is 10.1. The number of anilines is 3. The highest BCUT2D eigenvalue weighted by atomic mass is 32.2. The molecule has 3 N–H and O–H groups in total. The average Bonchev–Trinajstić information content (AvgIpc) is 2.95. The number of sulfonamides is 1. The van der Waals surface area contributed by atoms with E-state index in [-0.39, 0.29) is 22.4 Å². The molecule has 4 aromatic rings. The summed E-state index contributed by atoms with van der Waals surface area (Å²) in [4.78, 5) is 21.4. The number of hydrogen-bond donors (Lipinski definition) is 3. The Morgan fingerprint density at radius 2 is 1.46 bits per heavy atom. The standard InChI is InChI=1S/C27H29N5O6S/c1-36-14-6-13-28-27(33)18-9-11-22(12-10-18)39(34,35)32-26-25(30-23-7-4-5-8-24(23)31-26)29-19-15-20(37-2)17-21(16-19)38-3/h4-5,7-12,15-17H,6,13-14H2,1-3H3,(H,28,33)(H,29,30)(H,31,32). The summed E-state index contributed by atoms with van der Waals surface area (Å²) < 4.78 is 44.8. The van der Waals surface area contributed by atoms with E-state index in [0.29, 0.717) is 53.4 Å². The Labute approximate surface area is 226 Å². The Balaban J connectivity index is 1.62. The summed E-state index contributed by atoms with van der Waals surface area (Å²) in [6.45, 7) is 0.979. The highest BCUT2D eigenvalue weighted by molar-refractivity contribution is 7.92. The van der Waals surface area contributed by atoms with E-state index in [1.54, 1.807) is 43.5 Å². The zero-order chi connectivity index (χ0) is 27.8. The Morgan fingerprint density at radius 1 is 0.846 bits per heavy atom. The molecule has 12 heteroatoms. The number of nitrogens with zero attached hydrogens (tertiary/aromatic N) is 2. The molecule has 0 fully saturated rings. The first-order valence-electron chi connectivity index (χ1n) is 12.0. The number of aromatic nitrogens is 2. The Bertz CT molecular complexity index is 1540. The van der Waals surface area contributed by atoms with E-state index in [1.807, 2.05) is 6.07 Å². The molecule has 0 bridgehead atoms. The highest BCUT2D eigenvalue weighted by Crippen LogP contribution is 2.31. The molecule has 3 aromatic carbocycles. The van der Waals surface area contributed by atoms with Crippen LogP contribution in [-0.2, 0) is 14.8 Å². The van der Waals surface area contributed by atoms with Crippen LogP contribution in [0.25, 0.3) is 11.0 Å². The van der Waals surface area contributed by atoms with Gasteiger partial charge in [-0.3, -0.25) is 9.52 Å². The molecule has 204 valence electrons. The van der Waals surface area contributed by atoms with Crippen LogP contribution in [0.1, 0.15) is 16.8 Å². The van der Waals surface area contributed by atoms with E-state index in [9.17, 15) is 13.2 Å². The fourth-order valence-corrected chi connectivity index (χ4v) is 4.68. The summed E-state index contributed by atoms with van der Waals surface area (Å²) in [5.41, 5.74) is 1.96. The fourth-order valence-electron chi connectivity index (χ4n) is 3.67. The molecule has 0 atom stereocenters. The van der Waals surface area contributed by atoms with Gasteiger partial charge in [0.25, 0.3) is 15.9 Å². The summed E-state index contributed by atoms with van der Waals surface area (Å²) in [7, 11) is 0.576. The number of ether oxygens (including phenoxy) is 3. The maximum Gasteiger partial charge on any atom is 0.263 e. The third kappa shape index (κ3) is 6.92. The molecule has 0 unspecified atom stereocenters. The van der Waals surface area contributed by atoms with Crippen molar-refractivity contribution in [2.45, 2.75) is 11.3 Å². The summed E-state index contributed by atoms with van der Waals surface area (Å²) in [5.74, 6) is 0.949. The lowest BCUT2D eigenvalue weighted by molar-refractivity contribution is 0.0948. The molecule has 11 nitrogen and oxygen atoms in total. The third-order valence-corrected chi connectivity index (χ3v) is 7.01. The van der Waals surface area contributed by atoms with Gasteiger partial charge in [-0.05, 0) is 42.8 Å².